The van der Waals surface area contributed by atoms with Gasteiger partial charge in [-0.2, -0.15) is 0 Å². The normalized spacial score (nSPS) is 21.1. The maximum atomic E-state index is 13.6. The van der Waals surface area contributed by atoms with Gasteiger partial charge in [-0.3, -0.25) is 9.97 Å². The summed E-state index contributed by atoms with van der Waals surface area (Å²) in [5.74, 6) is 1.09. The van der Waals surface area contributed by atoms with E-state index >= 15 is 0 Å². The summed E-state index contributed by atoms with van der Waals surface area (Å²) in [6, 6.07) is 15.4. The van der Waals surface area contributed by atoms with Crippen molar-refractivity contribution >= 4 is 29.4 Å². The highest BCUT2D eigenvalue weighted by atomic mass is 31.2. The van der Waals surface area contributed by atoms with Crippen molar-refractivity contribution in [2.75, 3.05) is 6.16 Å². The van der Waals surface area contributed by atoms with Gasteiger partial charge in [0.1, 0.15) is 11.5 Å². The van der Waals surface area contributed by atoms with Crippen LogP contribution in [0.2, 0.25) is 0 Å². The molecular weight excluding hydrogens is 371 g/mol. The van der Waals surface area contributed by atoms with Gasteiger partial charge in [0, 0.05) is 40.2 Å². The van der Waals surface area contributed by atoms with Gasteiger partial charge >= 0.3 is 7.60 Å². The summed E-state index contributed by atoms with van der Waals surface area (Å²) in [5, 5.41) is 1.67. The Hall–Kier alpha value is -2.91. The molecule has 0 fully saturated rings. The molecule has 2 aromatic heterocycles. The second-order valence-electron chi connectivity index (χ2n) is 6.95. The Kier molecular flexibility index (Phi) is 3.88. The smallest absolute Gasteiger partial charge is 0.415 e. The molecule has 6 heteroatoms. The zero-order valence-electron chi connectivity index (χ0n) is 15.6. The third-order valence-corrected chi connectivity index (χ3v) is 6.98. The lowest BCUT2D eigenvalue weighted by atomic mass is 9.92. The third-order valence-electron chi connectivity index (χ3n) is 5.29. The summed E-state index contributed by atoms with van der Waals surface area (Å²) in [4.78, 5) is 9.19. The van der Waals surface area contributed by atoms with Crippen LogP contribution in [0.25, 0.3) is 21.8 Å². The van der Waals surface area contributed by atoms with E-state index in [1.165, 1.54) is 0 Å². The lowest BCUT2D eigenvalue weighted by Crippen LogP contribution is -2.13. The fourth-order valence-corrected chi connectivity index (χ4v) is 4.94. The number of fused-ring (bicyclic) bond motifs is 6. The van der Waals surface area contributed by atoms with Gasteiger partial charge < -0.3 is 9.05 Å². The van der Waals surface area contributed by atoms with E-state index in [-0.39, 0.29) is 12.1 Å². The van der Waals surface area contributed by atoms with E-state index in [4.69, 9.17) is 9.05 Å². The molecule has 0 saturated carbocycles. The van der Waals surface area contributed by atoms with Gasteiger partial charge in [0.2, 0.25) is 0 Å². The fourth-order valence-electron chi connectivity index (χ4n) is 3.68. The number of nitrogens with zero attached hydrogens (tertiary/aromatic N) is 2. The van der Waals surface area contributed by atoms with Gasteiger partial charge in [-0.15, -0.1) is 0 Å². The molecule has 5 rings (SSSR count). The van der Waals surface area contributed by atoms with Gasteiger partial charge in [0.15, 0.2) is 0 Å². The van der Waals surface area contributed by atoms with E-state index in [0.29, 0.717) is 11.5 Å². The number of hydrogen-bond donors (Lipinski definition) is 0. The number of pyridine rings is 2. The van der Waals surface area contributed by atoms with Crippen LogP contribution in [0.3, 0.4) is 0 Å². The van der Waals surface area contributed by atoms with Crippen molar-refractivity contribution in [2.45, 2.75) is 19.8 Å². The first-order valence-corrected chi connectivity index (χ1v) is 11.1. The molecule has 0 atom stereocenters. The SMILES string of the molecule is CCP1(=O)Oc2c(cnc3ccccc23)C(C)c2cnc3ccccc3c2O1. The van der Waals surface area contributed by atoms with E-state index < -0.39 is 7.60 Å². The summed E-state index contributed by atoms with van der Waals surface area (Å²) < 4.78 is 25.9. The summed E-state index contributed by atoms with van der Waals surface area (Å²) in [6.07, 6.45) is 3.88. The molecule has 1 aliphatic heterocycles. The first-order chi connectivity index (χ1) is 13.6. The van der Waals surface area contributed by atoms with Crippen LogP contribution < -0.4 is 9.05 Å². The van der Waals surface area contributed by atoms with Crippen LogP contribution in [-0.4, -0.2) is 16.1 Å². The molecule has 0 amide bonds. The van der Waals surface area contributed by atoms with E-state index in [9.17, 15) is 4.57 Å². The highest BCUT2D eigenvalue weighted by molar-refractivity contribution is 7.54. The van der Waals surface area contributed by atoms with Crippen molar-refractivity contribution in [1.82, 2.24) is 9.97 Å². The fraction of sp³-hybridized carbons (Fsp3) is 0.182. The van der Waals surface area contributed by atoms with Crippen LogP contribution in [0, 0.1) is 0 Å². The Labute approximate surface area is 162 Å². The largest absolute Gasteiger partial charge is 0.430 e. The van der Waals surface area contributed by atoms with Crippen LogP contribution in [0.15, 0.2) is 60.9 Å². The Balaban J connectivity index is 1.85. The Morgan fingerprint density at radius 3 is 1.79 bits per heavy atom. The molecular formula is C22H19N2O3P. The maximum Gasteiger partial charge on any atom is 0.430 e. The minimum Gasteiger partial charge on any atom is -0.415 e. The number of aromatic nitrogens is 2. The zero-order valence-corrected chi connectivity index (χ0v) is 16.5. The molecule has 0 bridgehead atoms. The lowest BCUT2D eigenvalue weighted by molar-refractivity contribution is 0.381. The summed E-state index contributed by atoms with van der Waals surface area (Å²) in [5.41, 5.74) is 3.37. The second-order valence-corrected chi connectivity index (χ2v) is 9.17. The quantitative estimate of drug-likeness (QED) is 0.378. The average molecular weight is 390 g/mol. The first-order valence-electron chi connectivity index (χ1n) is 9.33. The molecule has 140 valence electrons. The van der Waals surface area contributed by atoms with Gasteiger partial charge in [0.05, 0.1) is 17.2 Å². The van der Waals surface area contributed by atoms with Crippen LogP contribution in [0.5, 0.6) is 11.5 Å². The highest BCUT2D eigenvalue weighted by Gasteiger charge is 2.35. The third kappa shape index (κ3) is 2.58. The van der Waals surface area contributed by atoms with Crippen molar-refractivity contribution in [3.05, 3.63) is 72.1 Å². The predicted octanol–water partition coefficient (Wildman–Crippen LogP) is 5.92. The van der Waals surface area contributed by atoms with Gasteiger partial charge in [-0.05, 0) is 24.3 Å². The van der Waals surface area contributed by atoms with E-state index in [2.05, 4.69) is 16.9 Å². The summed E-state index contributed by atoms with van der Waals surface area (Å²) in [7, 11) is -3.42. The molecule has 2 aromatic carbocycles. The zero-order chi connectivity index (χ0) is 19.3. The molecule has 0 radical (unpaired) electrons. The Bertz CT molecular complexity index is 1180. The van der Waals surface area contributed by atoms with Crippen molar-refractivity contribution in [1.29, 1.82) is 0 Å². The second kappa shape index (κ2) is 6.32. The molecule has 0 N–H and O–H groups in total. The van der Waals surface area contributed by atoms with Crippen molar-refractivity contribution in [2.24, 2.45) is 0 Å². The standard InChI is InChI=1S/C22H19N2O3P/c1-3-28(25)26-21-15-8-4-6-10-19(15)23-12-17(21)14(2)18-13-24-20-11-7-5-9-16(20)22(18)27-28/h4-14H,3H2,1-2H3. The summed E-state index contributed by atoms with van der Waals surface area (Å²) >= 11 is 0. The first kappa shape index (κ1) is 17.2. The predicted molar refractivity (Wildman–Crippen MR) is 110 cm³/mol. The molecule has 1 aliphatic rings. The molecule has 0 aliphatic carbocycles. The topological polar surface area (TPSA) is 61.3 Å². The summed E-state index contributed by atoms with van der Waals surface area (Å²) in [6.45, 7) is 3.89. The van der Waals surface area contributed by atoms with Gasteiger partial charge in [-0.1, -0.05) is 38.1 Å². The van der Waals surface area contributed by atoms with Gasteiger partial charge in [0.25, 0.3) is 0 Å². The number of benzene rings is 2. The molecule has 3 heterocycles. The number of hydrogen-bond acceptors (Lipinski definition) is 5. The Morgan fingerprint density at radius 1 is 0.857 bits per heavy atom. The van der Waals surface area contributed by atoms with E-state index in [0.717, 1.165) is 32.9 Å². The Morgan fingerprint density at radius 2 is 1.32 bits per heavy atom. The molecule has 4 aromatic rings. The molecule has 5 nitrogen and oxygen atoms in total. The highest BCUT2D eigenvalue weighted by Crippen LogP contribution is 2.56. The van der Waals surface area contributed by atoms with Crippen molar-refractivity contribution in [3.63, 3.8) is 0 Å². The van der Waals surface area contributed by atoms with Crippen molar-refractivity contribution in [3.8, 4) is 11.5 Å². The molecule has 0 saturated heterocycles. The maximum absolute atomic E-state index is 13.6. The lowest BCUT2D eigenvalue weighted by Gasteiger charge is -2.29. The molecule has 28 heavy (non-hydrogen) atoms. The minimum atomic E-state index is -3.42. The van der Waals surface area contributed by atoms with E-state index in [1.807, 2.05) is 67.8 Å². The van der Waals surface area contributed by atoms with Crippen LogP contribution in [0.1, 0.15) is 30.9 Å². The molecule has 0 spiro atoms. The number of rotatable bonds is 1. The van der Waals surface area contributed by atoms with Crippen LogP contribution >= 0.6 is 7.60 Å². The van der Waals surface area contributed by atoms with Crippen LogP contribution in [-0.2, 0) is 4.57 Å². The number of para-hydroxylation sites is 2. The van der Waals surface area contributed by atoms with Crippen LogP contribution in [0.4, 0.5) is 0 Å². The van der Waals surface area contributed by atoms with Crippen molar-refractivity contribution < 1.29 is 13.6 Å². The van der Waals surface area contributed by atoms with Gasteiger partial charge in [-0.25, -0.2) is 4.57 Å². The average Bonchev–Trinajstić information content (AvgIpc) is 2.73. The van der Waals surface area contributed by atoms with E-state index in [1.54, 1.807) is 0 Å². The monoisotopic (exact) mass is 390 g/mol. The minimum absolute atomic E-state index is 0.0789. The molecule has 0 unspecified atom stereocenters.